The van der Waals surface area contributed by atoms with Crippen molar-refractivity contribution in [2.75, 3.05) is 33.3 Å². The smallest absolute Gasteiger partial charge is 0.396 e. The number of methoxy groups -OCH3 is 1. The fraction of sp³-hybridized carbons (Fsp3) is 0.800. The van der Waals surface area contributed by atoms with Gasteiger partial charge in [-0.2, -0.15) is 0 Å². The normalized spacial score (nSPS) is 16.3. The van der Waals surface area contributed by atoms with Crippen LogP contribution in [0.1, 0.15) is 19.3 Å². The number of hydrogen-bond acceptors (Lipinski definition) is 4. The van der Waals surface area contributed by atoms with Gasteiger partial charge in [-0.3, -0.25) is 4.79 Å². The number of nitrogens with one attached hydrogen (secondary N) is 1. The molecule has 1 rings (SSSR count). The molecule has 5 nitrogen and oxygen atoms in total. The molecule has 86 valence electrons. The average Bonchev–Trinajstić information content (AvgIpc) is 2.75. The number of hydrogen-bond donors (Lipinski definition) is 1. The Kier molecular flexibility index (Phi) is 5.10. The molecule has 1 heterocycles. The van der Waals surface area contributed by atoms with E-state index in [1.165, 1.54) is 20.0 Å². The van der Waals surface area contributed by atoms with Crippen LogP contribution in [0.5, 0.6) is 0 Å². The molecule has 5 heteroatoms. The lowest BCUT2D eigenvalue weighted by atomic mass is 10.4. The molecule has 1 saturated heterocycles. The second-order valence-electron chi connectivity index (χ2n) is 3.65. The molecular formula is C10H18N2O3. The summed E-state index contributed by atoms with van der Waals surface area (Å²) in [6.45, 7) is 3.84. The van der Waals surface area contributed by atoms with Gasteiger partial charge in [0.2, 0.25) is 0 Å². The van der Waals surface area contributed by atoms with Gasteiger partial charge in [-0.15, -0.1) is 0 Å². The summed E-state index contributed by atoms with van der Waals surface area (Å²) in [6, 6.07) is 0. The maximum Gasteiger partial charge on any atom is 0.396 e. The zero-order valence-electron chi connectivity index (χ0n) is 9.12. The first-order chi connectivity index (χ1) is 7.24. The number of ether oxygens (including phenoxy) is 1. The van der Waals surface area contributed by atoms with E-state index in [0.29, 0.717) is 6.54 Å². The van der Waals surface area contributed by atoms with Crippen LogP contribution in [-0.2, 0) is 14.3 Å². The SMILES string of the molecule is COC(=O)C(=O)NCCCN1CCCC1. The first-order valence-corrected chi connectivity index (χ1v) is 5.32. The van der Waals surface area contributed by atoms with Crippen molar-refractivity contribution in [1.29, 1.82) is 0 Å². The quantitative estimate of drug-likeness (QED) is 0.399. The Morgan fingerprint density at radius 3 is 2.60 bits per heavy atom. The Hall–Kier alpha value is -1.10. The van der Waals surface area contributed by atoms with E-state index < -0.39 is 11.9 Å². The van der Waals surface area contributed by atoms with Crippen LogP contribution >= 0.6 is 0 Å². The summed E-state index contributed by atoms with van der Waals surface area (Å²) in [7, 11) is 1.20. The molecule has 0 unspecified atom stereocenters. The molecule has 0 aromatic rings. The summed E-state index contributed by atoms with van der Waals surface area (Å²) in [4.78, 5) is 24.1. The molecule has 0 spiro atoms. The van der Waals surface area contributed by atoms with Gasteiger partial charge < -0.3 is 15.0 Å². The van der Waals surface area contributed by atoms with Crippen molar-refractivity contribution in [2.24, 2.45) is 0 Å². The number of nitrogens with zero attached hydrogens (tertiary/aromatic N) is 1. The van der Waals surface area contributed by atoms with E-state index in [2.05, 4.69) is 15.0 Å². The van der Waals surface area contributed by atoms with Gasteiger partial charge in [-0.25, -0.2) is 4.79 Å². The summed E-state index contributed by atoms with van der Waals surface area (Å²) >= 11 is 0. The molecule has 1 N–H and O–H groups in total. The fourth-order valence-electron chi connectivity index (χ4n) is 1.68. The topological polar surface area (TPSA) is 58.6 Å². The maximum absolute atomic E-state index is 11.0. The Labute approximate surface area is 89.8 Å². The van der Waals surface area contributed by atoms with E-state index >= 15 is 0 Å². The van der Waals surface area contributed by atoms with Gasteiger partial charge in [0.25, 0.3) is 0 Å². The standard InChI is InChI=1S/C10H18N2O3/c1-15-10(14)9(13)11-5-4-8-12-6-2-3-7-12/h2-8H2,1H3,(H,11,13). The Balaban J connectivity index is 2.00. The molecule has 0 aliphatic carbocycles. The Bertz CT molecular complexity index is 225. The number of rotatable bonds is 4. The lowest BCUT2D eigenvalue weighted by Gasteiger charge is -2.13. The van der Waals surface area contributed by atoms with Gasteiger partial charge in [-0.05, 0) is 38.9 Å². The third-order valence-corrected chi connectivity index (χ3v) is 2.51. The molecule has 0 aromatic heterocycles. The molecule has 1 amide bonds. The highest BCUT2D eigenvalue weighted by atomic mass is 16.5. The zero-order chi connectivity index (χ0) is 11.1. The van der Waals surface area contributed by atoms with Crippen molar-refractivity contribution >= 4 is 11.9 Å². The summed E-state index contributed by atoms with van der Waals surface area (Å²) in [5.74, 6) is -1.48. The van der Waals surface area contributed by atoms with Crippen LogP contribution in [0, 0.1) is 0 Å². The van der Waals surface area contributed by atoms with E-state index in [0.717, 1.165) is 26.1 Å². The largest absolute Gasteiger partial charge is 0.462 e. The minimum atomic E-state index is -0.823. The minimum Gasteiger partial charge on any atom is -0.462 e. The van der Waals surface area contributed by atoms with Crippen LogP contribution in [0.25, 0.3) is 0 Å². The third-order valence-electron chi connectivity index (χ3n) is 2.51. The van der Waals surface area contributed by atoms with E-state index in [9.17, 15) is 9.59 Å². The van der Waals surface area contributed by atoms with Crippen LogP contribution in [0.3, 0.4) is 0 Å². The number of likely N-dealkylation sites (tertiary alicyclic amines) is 1. The van der Waals surface area contributed by atoms with Crippen molar-refractivity contribution in [3.8, 4) is 0 Å². The molecule has 15 heavy (non-hydrogen) atoms. The molecule has 0 aromatic carbocycles. The molecule has 0 atom stereocenters. The third kappa shape index (κ3) is 4.29. The summed E-state index contributed by atoms with van der Waals surface area (Å²) in [5.41, 5.74) is 0. The molecule has 0 saturated carbocycles. The van der Waals surface area contributed by atoms with Crippen molar-refractivity contribution in [1.82, 2.24) is 10.2 Å². The number of amides is 1. The second kappa shape index (κ2) is 6.40. The summed E-state index contributed by atoms with van der Waals surface area (Å²) < 4.78 is 4.28. The van der Waals surface area contributed by atoms with E-state index in [-0.39, 0.29) is 0 Å². The molecule has 0 radical (unpaired) electrons. The van der Waals surface area contributed by atoms with Crippen LogP contribution in [-0.4, -0.2) is 50.1 Å². The van der Waals surface area contributed by atoms with Crippen LogP contribution in [0.2, 0.25) is 0 Å². The van der Waals surface area contributed by atoms with Crippen LogP contribution < -0.4 is 5.32 Å². The van der Waals surface area contributed by atoms with E-state index in [1.54, 1.807) is 0 Å². The van der Waals surface area contributed by atoms with E-state index in [4.69, 9.17) is 0 Å². The molecule has 1 aliphatic rings. The zero-order valence-corrected chi connectivity index (χ0v) is 9.12. The van der Waals surface area contributed by atoms with Crippen molar-refractivity contribution in [2.45, 2.75) is 19.3 Å². The molecule has 1 aliphatic heterocycles. The number of esters is 1. The van der Waals surface area contributed by atoms with Gasteiger partial charge in [0.1, 0.15) is 0 Å². The highest BCUT2D eigenvalue weighted by Gasteiger charge is 2.13. The predicted octanol–water partition coefficient (Wildman–Crippen LogP) is -0.238. The van der Waals surface area contributed by atoms with Crippen molar-refractivity contribution in [3.05, 3.63) is 0 Å². The number of carbonyl (C=O) groups excluding carboxylic acids is 2. The lowest BCUT2D eigenvalue weighted by Crippen LogP contribution is -2.34. The monoisotopic (exact) mass is 214 g/mol. The summed E-state index contributed by atoms with van der Waals surface area (Å²) in [6.07, 6.45) is 3.42. The predicted molar refractivity (Wildman–Crippen MR) is 55.3 cm³/mol. The van der Waals surface area contributed by atoms with Crippen LogP contribution in [0.4, 0.5) is 0 Å². The van der Waals surface area contributed by atoms with Gasteiger partial charge in [0.05, 0.1) is 7.11 Å². The number of carbonyl (C=O) groups is 2. The second-order valence-corrected chi connectivity index (χ2v) is 3.65. The molecular weight excluding hydrogens is 196 g/mol. The van der Waals surface area contributed by atoms with Crippen molar-refractivity contribution in [3.63, 3.8) is 0 Å². The highest BCUT2D eigenvalue weighted by molar-refractivity contribution is 6.32. The summed E-state index contributed by atoms with van der Waals surface area (Å²) in [5, 5.41) is 2.52. The van der Waals surface area contributed by atoms with Gasteiger partial charge >= 0.3 is 11.9 Å². The van der Waals surface area contributed by atoms with Gasteiger partial charge in [0.15, 0.2) is 0 Å². The lowest BCUT2D eigenvalue weighted by molar-refractivity contribution is -0.152. The van der Waals surface area contributed by atoms with Gasteiger partial charge in [-0.1, -0.05) is 0 Å². The average molecular weight is 214 g/mol. The Morgan fingerprint density at radius 2 is 2.00 bits per heavy atom. The first-order valence-electron chi connectivity index (χ1n) is 5.32. The van der Waals surface area contributed by atoms with Crippen molar-refractivity contribution < 1.29 is 14.3 Å². The van der Waals surface area contributed by atoms with Crippen LogP contribution in [0.15, 0.2) is 0 Å². The van der Waals surface area contributed by atoms with E-state index in [1.807, 2.05) is 0 Å². The minimum absolute atomic E-state index is 0.532. The Morgan fingerprint density at radius 1 is 1.33 bits per heavy atom. The first kappa shape index (κ1) is 12.0. The molecule has 0 bridgehead atoms. The highest BCUT2D eigenvalue weighted by Crippen LogP contribution is 2.06. The molecule has 1 fully saturated rings. The fourth-order valence-corrected chi connectivity index (χ4v) is 1.68. The maximum atomic E-state index is 11.0. The van der Waals surface area contributed by atoms with Gasteiger partial charge in [0, 0.05) is 6.54 Å².